The lowest BCUT2D eigenvalue weighted by molar-refractivity contribution is -0.144. The van der Waals surface area contributed by atoms with Gasteiger partial charge in [0.25, 0.3) is 0 Å². The third-order valence-electron chi connectivity index (χ3n) is 2.65. The van der Waals surface area contributed by atoms with Gasteiger partial charge in [-0.1, -0.05) is 6.08 Å². The molecule has 1 aliphatic heterocycles. The Morgan fingerprint density at radius 3 is 3.00 bits per heavy atom. The third kappa shape index (κ3) is 3.02. The predicted octanol–water partition coefficient (Wildman–Crippen LogP) is -0.513. The van der Waals surface area contributed by atoms with Gasteiger partial charge in [0.05, 0.1) is 18.7 Å². The van der Waals surface area contributed by atoms with Gasteiger partial charge in [-0.15, -0.1) is 6.58 Å². The average Bonchev–Trinajstić information content (AvgIpc) is 2.62. The van der Waals surface area contributed by atoms with Gasteiger partial charge in [-0.3, -0.25) is 15.0 Å². The topological polar surface area (TPSA) is 72.8 Å². The number of aliphatic hydroxyl groups is 1. The highest BCUT2D eigenvalue weighted by molar-refractivity contribution is 5.71. The van der Waals surface area contributed by atoms with Crippen LogP contribution in [0.25, 0.3) is 0 Å². The Morgan fingerprint density at radius 2 is 2.47 bits per heavy atom. The molecule has 0 radical (unpaired) electrons. The van der Waals surface area contributed by atoms with E-state index in [9.17, 15) is 4.79 Å². The zero-order valence-electron chi connectivity index (χ0n) is 8.72. The molecule has 0 aromatic heterocycles. The summed E-state index contributed by atoms with van der Waals surface area (Å²) in [6, 6.07) is 0. The highest BCUT2D eigenvalue weighted by Gasteiger charge is 2.34. The van der Waals surface area contributed by atoms with Crippen LogP contribution in [-0.4, -0.2) is 53.5 Å². The second-order valence-electron chi connectivity index (χ2n) is 3.63. The third-order valence-corrected chi connectivity index (χ3v) is 2.65. The van der Waals surface area contributed by atoms with Crippen LogP contribution in [0, 0.1) is 5.92 Å². The molecule has 0 saturated carbocycles. The Morgan fingerprint density at radius 1 is 1.73 bits per heavy atom. The van der Waals surface area contributed by atoms with Crippen LogP contribution in [0.5, 0.6) is 0 Å². The smallest absolute Gasteiger partial charge is 0.309 e. The number of β-amino-alcohol motifs (C(OH)–C–C–N with tert-alkyl or cyclic N) is 1. The number of aliphatic carboxylic acids is 1. The van der Waals surface area contributed by atoms with Crippen molar-refractivity contribution >= 4 is 5.97 Å². The molecule has 1 saturated heterocycles. The molecule has 0 spiro atoms. The van der Waals surface area contributed by atoms with E-state index in [1.54, 1.807) is 6.08 Å². The van der Waals surface area contributed by atoms with E-state index in [0.717, 1.165) is 13.1 Å². The molecule has 0 aliphatic carbocycles. The number of carbonyl (C=O) groups is 1. The van der Waals surface area contributed by atoms with Gasteiger partial charge in [0.15, 0.2) is 0 Å². The van der Waals surface area contributed by atoms with E-state index in [1.165, 1.54) is 0 Å². The lowest BCUT2D eigenvalue weighted by Crippen LogP contribution is -2.46. The van der Waals surface area contributed by atoms with Crippen molar-refractivity contribution in [2.75, 3.05) is 26.2 Å². The largest absolute Gasteiger partial charge is 0.481 e. The van der Waals surface area contributed by atoms with E-state index < -0.39 is 11.9 Å². The molecule has 5 nitrogen and oxygen atoms in total. The fraction of sp³-hybridized carbons (Fsp3) is 0.700. The Balaban J connectivity index is 2.64. The second kappa shape index (κ2) is 5.85. The number of nitrogens with zero attached hydrogens (tertiary/aromatic N) is 1. The van der Waals surface area contributed by atoms with Gasteiger partial charge >= 0.3 is 5.97 Å². The molecule has 0 amide bonds. The van der Waals surface area contributed by atoms with E-state index in [2.05, 4.69) is 11.9 Å². The summed E-state index contributed by atoms with van der Waals surface area (Å²) in [5.41, 5.74) is 0. The van der Waals surface area contributed by atoms with Crippen LogP contribution in [-0.2, 0) is 4.79 Å². The lowest BCUT2D eigenvalue weighted by atomic mass is 10.0. The Hall–Kier alpha value is -0.910. The minimum atomic E-state index is -0.822. The molecule has 0 aromatic carbocycles. The molecule has 0 aromatic rings. The van der Waals surface area contributed by atoms with E-state index in [0.29, 0.717) is 13.0 Å². The number of carboxylic acids is 1. The fourth-order valence-electron chi connectivity index (χ4n) is 1.94. The van der Waals surface area contributed by atoms with Gasteiger partial charge in [0.1, 0.15) is 0 Å². The fourth-order valence-corrected chi connectivity index (χ4v) is 1.94. The molecule has 1 rings (SSSR count). The van der Waals surface area contributed by atoms with Crippen molar-refractivity contribution in [1.29, 1.82) is 0 Å². The quantitative estimate of drug-likeness (QED) is 0.519. The number of hydrogen-bond donors (Lipinski definition) is 3. The number of aliphatic hydroxyl groups excluding tert-OH is 1. The zero-order chi connectivity index (χ0) is 11.3. The summed E-state index contributed by atoms with van der Waals surface area (Å²) in [6.07, 6.45) is 1.87. The Labute approximate surface area is 89.4 Å². The van der Waals surface area contributed by atoms with Crippen molar-refractivity contribution in [2.45, 2.75) is 12.6 Å². The van der Waals surface area contributed by atoms with Crippen LogP contribution in [0.2, 0.25) is 0 Å². The summed E-state index contributed by atoms with van der Waals surface area (Å²) < 4.78 is 0. The molecule has 2 atom stereocenters. The van der Waals surface area contributed by atoms with Gasteiger partial charge in [-0.2, -0.15) is 0 Å². The van der Waals surface area contributed by atoms with E-state index in [1.807, 2.05) is 4.90 Å². The van der Waals surface area contributed by atoms with Crippen molar-refractivity contribution in [3.8, 4) is 0 Å². The minimum Gasteiger partial charge on any atom is -0.481 e. The number of nitrogens with one attached hydrogen (secondary N) is 1. The van der Waals surface area contributed by atoms with Crippen molar-refractivity contribution in [3.05, 3.63) is 12.7 Å². The summed E-state index contributed by atoms with van der Waals surface area (Å²) in [5, 5.41) is 21.1. The normalized spacial score (nSPS) is 23.9. The van der Waals surface area contributed by atoms with Crippen molar-refractivity contribution in [1.82, 2.24) is 10.2 Å². The zero-order valence-corrected chi connectivity index (χ0v) is 8.72. The van der Waals surface area contributed by atoms with Crippen LogP contribution in [0.4, 0.5) is 0 Å². The Bertz CT molecular complexity index is 233. The minimum absolute atomic E-state index is 0.0542. The number of rotatable bonds is 6. The molecule has 15 heavy (non-hydrogen) atoms. The first-order valence-corrected chi connectivity index (χ1v) is 5.12. The number of allylic oxidation sites excluding steroid dienone is 1. The van der Waals surface area contributed by atoms with Crippen molar-refractivity contribution in [3.63, 3.8) is 0 Å². The molecule has 1 fully saturated rings. The van der Waals surface area contributed by atoms with E-state index >= 15 is 0 Å². The second-order valence-corrected chi connectivity index (χ2v) is 3.63. The molecule has 0 bridgehead atoms. The van der Waals surface area contributed by atoms with Crippen LogP contribution in [0.3, 0.4) is 0 Å². The Kier molecular flexibility index (Phi) is 4.74. The molecule has 1 aliphatic rings. The molecule has 86 valence electrons. The summed E-state index contributed by atoms with van der Waals surface area (Å²) >= 11 is 0. The lowest BCUT2D eigenvalue weighted by Gasteiger charge is -2.27. The molecular weight excluding hydrogens is 196 g/mol. The highest BCUT2D eigenvalue weighted by atomic mass is 16.4. The van der Waals surface area contributed by atoms with Crippen LogP contribution >= 0.6 is 0 Å². The van der Waals surface area contributed by atoms with Crippen LogP contribution in [0.15, 0.2) is 12.7 Å². The maximum atomic E-state index is 11.0. The van der Waals surface area contributed by atoms with Crippen LogP contribution in [0.1, 0.15) is 6.42 Å². The first-order valence-electron chi connectivity index (χ1n) is 5.12. The van der Waals surface area contributed by atoms with Gasteiger partial charge in [0, 0.05) is 19.6 Å². The summed E-state index contributed by atoms with van der Waals surface area (Å²) in [4.78, 5) is 13.0. The summed E-state index contributed by atoms with van der Waals surface area (Å²) in [5.74, 6) is -1.31. The molecule has 3 N–H and O–H groups in total. The standard InChI is InChI=1S/C10H18N2O3/c1-2-3-8(10(14)15)9-11-4-5-12(9)6-7-13/h2,8-9,11,13H,1,3-7H2,(H,14,15). The molecule has 1 heterocycles. The van der Waals surface area contributed by atoms with Gasteiger partial charge in [0.2, 0.25) is 0 Å². The number of hydrogen-bond acceptors (Lipinski definition) is 4. The monoisotopic (exact) mass is 214 g/mol. The predicted molar refractivity (Wildman–Crippen MR) is 56.4 cm³/mol. The van der Waals surface area contributed by atoms with Gasteiger partial charge in [-0.05, 0) is 6.42 Å². The molecular formula is C10H18N2O3. The first kappa shape index (κ1) is 12.2. The highest BCUT2D eigenvalue weighted by Crippen LogP contribution is 2.17. The van der Waals surface area contributed by atoms with Crippen molar-refractivity contribution in [2.24, 2.45) is 5.92 Å². The first-order chi connectivity index (χ1) is 7.20. The van der Waals surface area contributed by atoms with Crippen LogP contribution < -0.4 is 5.32 Å². The maximum absolute atomic E-state index is 11.0. The van der Waals surface area contributed by atoms with Gasteiger partial charge in [-0.25, -0.2) is 0 Å². The average molecular weight is 214 g/mol. The SMILES string of the molecule is C=CCC(C(=O)O)C1NCCN1CCO. The van der Waals surface area contributed by atoms with E-state index in [4.69, 9.17) is 10.2 Å². The summed E-state index contributed by atoms with van der Waals surface area (Å²) in [6.45, 7) is 5.69. The number of carboxylic acid groups (broad SMARTS) is 1. The van der Waals surface area contributed by atoms with E-state index in [-0.39, 0.29) is 12.8 Å². The molecule has 5 heteroatoms. The van der Waals surface area contributed by atoms with Gasteiger partial charge < -0.3 is 10.2 Å². The van der Waals surface area contributed by atoms with Crippen molar-refractivity contribution < 1.29 is 15.0 Å². The maximum Gasteiger partial charge on any atom is 0.309 e. The summed E-state index contributed by atoms with van der Waals surface area (Å²) in [7, 11) is 0. The molecule has 2 unspecified atom stereocenters.